The molecule has 1 aliphatic carbocycles. The van der Waals surface area contributed by atoms with Gasteiger partial charge in [-0.2, -0.15) is 4.31 Å². The smallest absolute Gasteiger partial charge is 0.308 e. The number of esters is 1. The molecule has 1 heterocycles. The van der Waals surface area contributed by atoms with Crippen molar-refractivity contribution < 1.29 is 27.5 Å². The van der Waals surface area contributed by atoms with E-state index in [1.54, 1.807) is 0 Å². The van der Waals surface area contributed by atoms with Gasteiger partial charge in [0, 0.05) is 18.0 Å². The first-order valence-electron chi connectivity index (χ1n) is 11.1. The van der Waals surface area contributed by atoms with Crippen LogP contribution in [0.1, 0.15) is 45.4 Å². The van der Waals surface area contributed by atoms with Crippen molar-refractivity contribution in [2.75, 3.05) is 4.90 Å². The van der Waals surface area contributed by atoms with Gasteiger partial charge in [-0.15, -0.1) is 0 Å². The molecule has 8 nitrogen and oxygen atoms in total. The summed E-state index contributed by atoms with van der Waals surface area (Å²) in [6.07, 6.45) is 3.72. The zero-order valence-electron chi connectivity index (χ0n) is 18.6. The highest BCUT2D eigenvalue weighted by Crippen LogP contribution is 2.35. The van der Waals surface area contributed by atoms with Gasteiger partial charge in [0.15, 0.2) is 0 Å². The topological polar surface area (TPSA) is 101 Å². The van der Waals surface area contributed by atoms with Gasteiger partial charge in [0.2, 0.25) is 15.9 Å². The van der Waals surface area contributed by atoms with Gasteiger partial charge in [-0.1, -0.05) is 30.9 Å². The van der Waals surface area contributed by atoms with Crippen LogP contribution in [0.15, 0.2) is 53.4 Å². The third-order valence-corrected chi connectivity index (χ3v) is 8.34. The summed E-state index contributed by atoms with van der Waals surface area (Å²) >= 11 is 5.94. The fourth-order valence-corrected chi connectivity index (χ4v) is 6.55. The molecule has 1 atom stereocenters. The maximum absolute atomic E-state index is 13.7. The zero-order chi connectivity index (χ0) is 24.5. The Morgan fingerprint density at radius 1 is 1.00 bits per heavy atom. The molecule has 0 bridgehead atoms. The van der Waals surface area contributed by atoms with Crippen molar-refractivity contribution in [3.63, 3.8) is 0 Å². The summed E-state index contributed by atoms with van der Waals surface area (Å²) in [5.41, 5.74) is 0.292. The van der Waals surface area contributed by atoms with Crippen LogP contribution in [0.5, 0.6) is 5.75 Å². The number of halogens is 1. The van der Waals surface area contributed by atoms with Crippen molar-refractivity contribution in [3.05, 3.63) is 53.6 Å². The van der Waals surface area contributed by atoms with Gasteiger partial charge >= 0.3 is 5.97 Å². The summed E-state index contributed by atoms with van der Waals surface area (Å²) < 4.78 is 33.7. The Labute approximate surface area is 203 Å². The van der Waals surface area contributed by atoms with Crippen LogP contribution in [-0.2, 0) is 24.4 Å². The minimum Gasteiger partial charge on any atom is -0.427 e. The number of rotatable bonds is 6. The van der Waals surface area contributed by atoms with Gasteiger partial charge in [0.1, 0.15) is 11.8 Å². The first kappa shape index (κ1) is 24.4. The number of nitrogens with zero attached hydrogens (tertiary/aromatic N) is 2. The third kappa shape index (κ3) is 4.87. The lowest BCUT2D eigenvalue weighted by atomic mass is 9.94. The Kier molecular flexibility index (Phi) is 7.06. The Morgan fingerprint density at radius 3 is 2.21 bits per heavy atom. The van der Waals surface area contributed by atoms with Crippen LogP contribution in [0.3, 0.4) is 0 Å². The number of ether oxygens (including phenoxy) is 1. The van der Waals surface area contributed by atoms with E-state index in [2.05, 4.69) is 0 Å². The number of hydrogen-bond donors (Lipinski definition) is 0. The number of hydrogen-bond acceptors (Lipinski definition) is 6. The summed E-state index contributed by atoms with van der Waals surface area (Å²) in [5, 5.41) is 0.402. The molecule has 2 aromatic rings. The second-order valence-corrected chi connectivity index (χ2v) is 10.7. The summed E-state index contributed by atoms with van der Waals surface area (Å²) in [4.78, 5) is 38.6. The van der Waals surface area contributed by atoms with E-state index in [4.69, 9.17) is 16.3 Å². The molecule has 0 spiro atoms. The van der Waals surface area contributed by atoms with E-state index in [1.807, 2.05) is 0 Å². The highest BCUT2D eigenvalue weighted by Gasteiger charge is 2.49. The first-order chi connectivity index (χ1) is 16.2. The number of imide groups is 1. The largest absolute Gasteiger partial charge is 0.427 e. The molecule has 34 heavy (non-hydrogen) atoms. The summed E-state index contributed by atoms with van der Waals surface area (Å²) in [6.45, 7) is 1.27. The fourth-order valence-electron chi connectivity index (χ4n) is 4.60. The molecule has 10 heteroatoms. The number of anilines is 1. The van der Waals surface area contributed by atoms with E-state index < -0.39 is 33.8 Å². The third-order valence-electron chi connectivity index (χ3n) is 6.11. The fraction of sp³-hybridized carbons (Fsp3) is 0.375. The number of carbonyl (C=O) groups excluding carboxylic acids is 3. The Balaban J connectivity index is 1.68. The lowest BCUT2D eigenvalue weighted by molar-refractivity contribution is -0.132. The van der Waals surface area contributed by atoms with Crippen molar-refractivity contribution in [2.24, 2.45) is 0 Å². The number of amides is 2. The second kappa shape index (κ2) is 9.85. The van der Waals surface area contributed by atoms with Crippen LogP contribution >= 0.6 is 11.6 Å². The van der Waals surface area contributed by atoms with Crippen molar-refractivity contribution in [1.82, 2.24) is 4.31 Å². The molecule has 1 aliphatic heterocycles. The van der Waals surface area contributed by atoms with Crippen LogP contribution in [0.25, 0.3) is 0 Å². The standard InChI is InChI=1S/C24H25ClN2O6S/c1-16(28)33-20-11-9-18(10-12-20)26-23(29)15-22(24(26)30)27(19-5-3-2-4-6-19)34(31,32)21-13-7-17(25)8-14-21/h7-14,19,22H,2-6,15H2,1H3. The quantitative estimate of drug-likeness (QED) is 0.336. The van der Waals surface area contributed by atoms with E-state index in [0.717, 1.165) is 24.2 Å². The van der Waals surface area contributed by atoms with Crippen LogP contribution in [0.4, 0.5) is 5.69 Å². The maximum atomic E-state index is 13.7. The van der Waals surface area contributed by atoms with E-state index in [-0.39, 0.29) is 23.1 Å². The zero-order valence-corrected chi connectivity index (χ0v) is 20.2. The number of sulfonamides is 1. The highest BCUT2D eigenvalue weighted by atomic mass is 35.5. The highest BCUT2D eigenvalue weighted by molar-refractivity contribution is 7.89. The maximum Gasteiger partial charge on any atom is 0.308 e. The first-order valence-corrected chi connectivity index (χ1v) is 12.9. The van der Waals surface area contributed by atoms with Crippen LogP contribution in [-0.4, -0.2) is 42.6 Å². The number of benzene rings is 2. The average molecular weight is 505 g/mol. The van der Waals surface area contributed by atoms with Gasteiger partial charge in [0.25, 0.3) is 5.91 Å². The summed E-state index contributed by atoms with van der Waals surface area (Å²) in [5.74, 6) is -1.28. The van der Waals surface area contributed by atoms with E-state index >= 15 is 0 Å². The normalized spacial score (nSPS) is 19.6. The lowest BCUT2D eigenvalue weighted by Crippen LogP contribution is -2.51. The summed E-state index contributed by atoms with van der Waals surface area (Å²) in [7, 11) is -4.07. The van der Waals surface area contributed by atoms with E-state index in [1.165, 1.54) is 59.8 Å². The van der Waals surface area contributed by atoms with Gasteiger partial charge < -0.3 is 4.74 Å². The SMILES string of the molecule is CC(=O)Oc1ccc(N2C(=O)CC(N(C3CCCCC3)S(=O)(=O)c3ccc(Cl)cc3)C2=O)cc1. The van der Waals surface area contributed by atoms with Gasteiger partial charge in [-0.25, -0.2) is 13.3 Å². The minimum atomic E-state index is -4.07. The molecule has 2 fully saturated rings. The average Bonchev–Trinajstić information content (AvgIpc) is 3.08. The van der Waals surface area contributed by atoms with Gasteiger partial charge in [-0.3, -0.25) is 14.4 Å². The molecule has 2 amide bonds. The molecule has 2 aromatic carbocycles. The molecular formula is C24H25ClN2O6S. The molecular weight excluding hydrogens is 480 g/mol. The summed E-state index contributed by atoms with van der Waals surface area (Å²) in [6, 6.07) is 10.3. The molecule has 1 unspecified atom stereocenters. The van der Waals surface area contributed by atoms with Crippen LogP contribution < -0.4 is 9.64 Å². The Bertz CT molecular complexity index is 1190. The van der Waals surface area contributed by atoms with Crippen molar-refractivity contribution in [3.8, 4) is 5.75 Å². The van der Waals surface area contributed by atoms with Crippen molar-refractivity contribution in [2.45, 2.75) is 62.4 Å². The van der Waals surface area contributed by atoms with E-state index in [9.17, 15) is 22.8 Å². The molecule has 1 saturated carbocycles. The predicted octanol–water partition coefficient (Wildman–Crippen LogP) is 3.92. The van der Waals surface area contributed by atoms with Gasteiger partial charge in [0.05, 0.1) is 17.0 Å². The van der Waals surface area contributed by atoms with Crippen molar-refractivity contribution >= 4 is 45.1 Å². The number of carbonyl (C=O) groups is 3. The molecule has 0 N–H and O–H groups in total. The van der Waals surface area contributed by atoms with Crippen LogP contribution in [0.2, 0.25) is 5.02 Å². The minimum absolute atomic E-state index is 0.0342. The molecule has 0 aromatic heterocycles. The monoisotopic (exact) mass is 504 g/mol. The molecule has 180 valence electrons. The molecule has 0 radical (unpaired) electrons. The second-order valence-electron chi connectivity index (χ2n) is 8.46. The van der Waals surface area contributed by atoms with Crippen molar-refractivity contribution in [1.29, 1.82) is 0 Å². The predicted molar refractivity (Wildman–Crippen MR) is 126 cm³/mol. The van der Waals surface area contributed by atoms with E-state index in [0.29, 0.717) is 23.6 Å². The van der Waals surface area contributed by atoms with Gasteiger partial charge in [-0.05, 0) is 61.4 Å². The van der Waals surface area contributed by atoms with Crippen LogP contribution in [0, 0.1) is 0 Å². The lowest BCUT2D eigenvalue weighted by Gasteiger charge is -2.36. The molecule has 4 rings (SSSR count). The Hall–Kier alpha value is -2.75. The molecule has 2 aliphatic rings. The molecule has 1 saturated heterocycles. The Morgan fingerprint density at radius 2 is 1.62 bits per heavy atom.